The van der Waals surface area contributed by atoms with E-state index < -0.39 is 28.5 Å². The molecule has 2 aromatic carbocycles. The summed E-state index contributed by atoms with van der Waals surface area (Å²) in [5.41, 5.74) is -0.565. The summed E-state index contributed by atoms with van der Waals surface area (Å²) in [7, 11) is 1.34. The molecular formula is C19H18ClNO7. The van der Waals surface area contributed by atoms with Gasteiger partial charge in [-0.2, -0.15) is 0 Å². The van der Waals surface area contributed by atoms with Crippen molar-refractivity contribution in [1.29, 1.82) is 0 Å². The number of methoxy groups -OCH3 is 1. The molecular weight excluding hydrogens is 390 g/mol. The second-order valence-electron chi connectivity index (χ2n) is 5.63. The third-order valence-electron chi connectivity index (χ3n) is 3.78. The van der Waals surface area contributed by atoms with Gasteiger partial charge in [-0.1, -0.05) is 11.6 Å². The van der Waals surface area contributed by atoms with Gasteiger partial charge in [0.15, 0.2) is 17.6 Å². The summed E-state index contributed by atoms with van der Waals surface area (Å²) in [4.78, 5) is 35.6. The van der Waals surface area contributed by atoms with E-state index in [1.165, 1.54) is 38.3 Å². The Morgan fingerprint density at radius 3 is 2.36 bits per heavy atom. The average molecular weight is 408 g/mol. The molecule has 0 saturated carbocycles. The van der Waals surface area contributed by atoms with Gasteiger partial charge in [0.25, 0.3) is 5.69 Å². The van der Waals surface area contributed by atoms with E-state index in [1.807, 2.05) is 0 Å². The predicted octanol–water partition coefficient (Wildman–Crippen LogP) is 4.08. The first-order valence-electron chi connectivity index (χ1n) is 8.28. The molecule has 0 spiro atoms. The van der Waals surface area contributed by atoms with E-state index in [1.54, 1.807) is 6.92 Å². The molecule has 1 atom stereocenters. The van der Waals surface area contributed by atoms with E-state index in [4.69, 9.17) is 25.8 Å². The standard InChI is InChI=1S/C19H18ClNO7/c1-4-27-17-10-15(21(24)25)14(9-16(17)26-3)19(23)28-11(2)18(22)12-5-7-13(20)8-6-12/h5-11H,4H2,1-3H3/t11-/m0/s1. The molecule has 0 unspecified atom stereocenters. The van der Waals surface area contributed by atoms with Crippen molar-refractivity contribution in [3.8, 4) is 11.5 Å². The summed E-state index contributed by atoms with van der Waals surface area (Å²) in [6.45, 7) is 3.34. The molecule has 0 aromatic heterocycles. The van der Waals surface area contributed by atoms with Gasteiger partial charge >= 0.3 is 5.97 Å². The largest absolute Gasteiger partial charge is 0.493 e. The fourth-order valence-electron chi connectivity index (χ4n) is 2.42. The van der Waals surface area contributed by atoms with Crippen molar-refractivity contribution in [3.05, 3.63) is 62.7 Å². The highest BCUT2D eigenvalue weighted by Gasteiger charge is 2.28. The number of ether oxygens (including phenoxy) is 3. The second-order valence-corrected chi connectivity index (χ2v) is 6.07. The summed E-state index contributed by atoms with van der Waals surface area (Å²) in [5, 5.41) is 11.8. The third-order valence-corrected chi connectivity index (χ3v) is 4.03. The lowest BCUT2D eigenvalue weighted by molar-refractivity contribution is -0.385. The zero-order chi connectivity index (χ0) is 20.8. The maximum Gasteiger partial charge on any atom is 0.346 e. The highest BCUT2D eigenvalue weighted by molar-refractivity contribution is 6.30. The predicted molar refractivity (Wildman–Crippen MR) is 101 cm³/mol. The Kier molecular flexibility index (Phi) is 6.94. The first-order chi connectivity index (χ1) is 13.3. The van der Waals surface area contributed by atoms with Gasteiger partial charge in [-0.15, -0.1) is 0 Å². The number of hydrogen-bond acceptors (Lipinski definition) is 7. The topological polar surface area (TPSA) is 105 Å². The number of hydrogen-bond donors (Lipinski definition) is 0. The van der Waals surface area contributed by atoms with Gasteiger partial charge in [0.1, 0.15) is 5.56 Å². The molecule has 0 radical (unpaired) electrons. The minimum Gasteiger partial charge on any atom is -0.493 e. The van der Waals surface area contributed by atoms with E-state index in [9.17, 15) is 19.7 Å². The van der Waals surface area contributed by atoms with Crippen molar-refractivity contribution in [2.45, 2.75) is 20.0 Å². The van der Waals surface area contributed by atoms with Crippen molar-refractivity contribution >= 4 is 29.0 Å². The number of nitro groups is 1. The molecule has 0 N–H and O–H groups in total. The Bertz CT molecular complexity index is 896. The lowest BCUT2D eigenvalue weighted by Crippen LogP contribution is -2.25. The molecule has 0 heterocycles. The molecule has 0 amide bonds. The van der Waals surface area contributed by atoms with Gasteiger partial charge in [-0.25, -0.2) is 4.79 Å². The first-order valence-corrected chi connectivity index (χ1v) is 8.66. The number of carbonyl (C=O) groups excluding carboxylic acids is 2. The van der Waals surface area contributed by atoms with Crippen LogP contribution in [0.5, 0.6) is 11.5 Å². The Morgan fingerprint density at radius 1 is 1.18 bits per heavy atom. The molecule has 2 aromatic rings. The minimum atomic E-state index is -1.16. The molecule has 28 heavy (non-hydrogen) atoms. The molecule has 0 fully saturated rings. The number of ketones is 1. The van der Waals surface area contributed by atoms with Crippen molar-refractivity contribution in [2.24, 2.45) is 0 Å². The normalized spacial score (nSPS) is 11.4. The number of carbonyl (C=O) groups is 2. The van der Waals surface area contributed by atoms with E-state index in [0.717, 1.165) is 12.1 Å². The van der Waals surface area contributed by atoms with Crippen LogP contribution in [-0.2, 0) is 4.74 Å². The number of Topliss-reactive ketones (excluding diaryl/α,β-unsaturated/α-hetero) is 1. The van der Waals surface area contributed by atoms with E-state index in [-0.39, 0.29) is 23.7 Å². The summed E-state index contributed by atoms with van der Waals surface area (Å²) < 4.78 is 15.6. The minimum absolute atomic E-state index is 0.124. The highest BCUT2D eigenvalue weighted by Crippen LogP contribution is 2.35. The van der Waals surface area contributed by atoms with Crippen LogP contribution in [0.1, 0.15) is 34.6 Å². The first kappa shape index (κ1) is 21.2. The van der Waals surface area contributed by atoms with Crippen LogP contribution in [0.2, 0.25) is 5.02 Å². The number of esters is 1. The number of rotatable bonds is 8. The second kappa shape index (κ2) is 9.18. The van der Waals surface area contributed by atoms with Gasteiger partial charge < -0.3 is 14.2 Å². The lowest BCUT2D eigenvalue weighted by atomic mass is 10.1. The highest BCUT2D eigenvalue weighted by atomic mass is 35.5. The van der Waals surface area contributed by atoms with Crippen LogP contribution in [0.3, 0.4) is 0 Å². The van der Waals surface area contributed by atoms with Crippen LogP contribution in [0, 0.1) is 10.1 Å². The van der Waals surface area contributed by atoms with Crippen molar-refractivity contribution in [1.82, 2.24) is 0 Å². The van der Waals surface area contributed by atoms with Gasteiger partial charge in [0, 0.05) is 16.7 Å². The van der Waals surface area contributed by atoms with Crippen LogP contribution in [0.15, 0.2) is 36.4 Å². The molecule has 0 aliphatic heterocycles. The van der Waals surface area contributed by atoms with Crippen LogP contribution < -0.4 is 9.47 Å². The molecule has 0 aliphatic carbocycles. The molecule has 148 valence electrons. The van der Waals surface area contributed by atoms with E-state index in [2.05, 4.69) is 0 Å². The van der Waals surface area contributed by atoms with Crippen molar-refractivity contribution in [3.63, 3.8) is 0 Å². The van der Waals surface area contributed by atoms with Crippen LogP contribution in [0.4, 0.5) is 5.69 Å². The quantitative estimate of drug-likeness (QED) is 0.281. The lowest BCUT2D eigenvalue weighted by Gasteiger charge is -2.14. The zero-order valence-electron chi connectivity index (χ0n) is 15.4. The van der Waals surface area contributed by atoms with Crippen LogP contribution in [0.25, 0.3) is 0 Å². The van der Waals surface area contributed by atoms with Crippen LogP contribution >= 0.6 is 11.6 Å². The molecule has 9 heteroatoms. The Morgan fingerprint density at radius 2 is 1.82 bits per heavy atom. The van der Waals surface area contributed by atoms with Gasteiger partial charge in [-0.3, -0.25) is 14.9 Å². The Labute approximate surface area is 166 Å². The summed E-state index contributed by atoms with van der Waals surface area (Å²) in [6, 6.07) is 8.31. The maximum atomic E-state index is 12.5. The van der Waals surface area contributed by atoms with Gasteiger partial charge in [0.05, 0.1) is 24.7 Å². The Hall–Kier alpha value is -3.13. The zero-order valence-corrected chi connectivity index (χ0v) is 16.2. The fourth-order valence-corrected chi connectivity index (χ4v) is 2.54. The number of nitro benzene ring substituents is 1. The molecule has 0 saturated heterocycles. The number of halogens is 1. The number of nitrogens with zero attached hydrogens (tertiary/aromatic N) is 1. The maximum absolute atomic E-state index is 12.5. The summed E-state index contributed by atoms with van der Waals surface area (Å²) >= 11 is 5.79. The van der Waals surface area contributed by atoms with Gasteiger partial charge in [0.2, 0.25) is 5.78 Å². The smallest absolute Gasteiger partial charge is 0.346 e. The number of benzene rings is 2. The summed E-state index contributed by atoms with van der Waals surface area (Å²) in [5.74, 6) is -1.23. The molecule has 0 aliphatic rings. The molecule has 8 nitrogen and oxygen atoms in total. The average Bonchev–Trinajstić information content (AvgIpc) is 2.67. The van der Waals surface area contributed by atoms with Crippen molar-refractivity contribution in [2.75, 3.05) is 13.7 Å². The SMILES string of the molecule is CCOc1cc([N+](=O)[O-])c(C(=O)O[C@@H](C)C(=O)c2ccc(Cl)cc2)cc1OC. The monoisotopic (exact) mass is 407 g/mol. The molecule has 0 bridgehead atoms. The Balaban J connectivity index is 2.30. The van der Waals surface area contributed by atoms with Gasteiger partial charge in [-0.05, 0) is 38.1 Å². The fraction of sp³-hybridized carbons (Fsp3) is 0.263. The van der Waals surface area contributed by atoms with Crippen LogP contribution in [-0.4, -0.2) is 36.5 Å². The van der Waals surface area contributed by atoms with E-state index in [0.29, 0.717) is 10.6 Å². The summed E-state index contributed by atoms with van der Waals surface area (Å²) in [6.07, 6.45) is -1.16. The van der Waals surface area contributed by atoms with Crippen molar-refractivity contribution < 1.29 is 28.7 Å². The van der Waals surface area contributed by atoms with E-state index >= 15 is 0 Å². The molecule has 2 rings (SSSR count). The third kappa shape index (κ3) is 4.77.